The van der Waals surface area contributed by atoms with Crippen LogP contribution in [0.15, 0.2) is 48.9 Å². The molecule has 1 aliphatic heterocycles. The number of hydrogen-bond acceptors (Lipinski definition) is 3. The van der Waals surface area contributed by atoms with Crippen LogP contribution in [0.1, 0.15) is 54.2 Å². The molecule has 0 N–H and O–H groups in total. The second-order valence-electron chi connectivity index (χ2n) is 8.24. The molecule has 144 valence electrons. The summed E-state index contributed by atoms with van der Waals surface area (Å²) in [4.78, 5) is 24.2. The van der Waals surface area contributed by atoms with Crippen LogP contribution in [0.3, 0.4) is 0 Å². The van der Waals surface area contributed by atoms with Gasteiger partial charge in [0.05, 0.1) is 5.52 Å². The fourth-order valence-corrected chi connectivity index (χ4v) is 4.55. The van der Waals surface area contributed by atoms with Gasteiger partial charge in [-0.25, -0.2) is 4.98 Å². The minimum absolute atomic E-state index is 0.118. The Balaban J connectivity index is 1.33. The molecule has 5 rings (SSSR count). The lowest BCUT2D eigenvalue weighted by atomic mass is 9.85. The number of amides is 1. The highest BCUT2D eigenvalue weighted by Crippen LogP contribution is 2.31. The predicted molar refractivity (Wildman–Crippen MR) is 109 cm³/mol. The van der Waals surface area contributed by atoms with Crippen molar-refractivity contribution < 1.29 is 4.79 Å². The van der Waals surface area contributed by atoms with E-state index in [1.807, 2.05) is 41.4 Å². The van der Waals surface area contributed by atoms with Crippen molar-refractivity contribution in [1.82, 2.24) is 19.4 Å². The van der Waals surface area contributed by atoms with Gasteiger partial charge in [0.1, 0.15) is 5.82 Å². The van der Waals surface area contributed by atoms with Gasteiger partial charge in [-0.2, -0.15) is 0 Å². The molecule has 2 aliphatic rings. The lowest BCUT2D eigenvalue weighted by Crippen LogP contribution is -2.40. The van der Waals surface area contributed by atoms with Crippen LogP contribution in [0.4, 0.5) is 0 Å². The van der Waals surface area contributed by atoms with E-state index < -0.39 is 0 Å². The topological polar surface area (TPSA) is 51.0 Å². The van der Waals surface area contributed by atoms with Crippen LogP contribution in [0.2, 0.25) is 0 Å². The zero-order chi connectivity index (χ0) is 18.9. The number of carbonyl (C=O) groups excluding carboxylic acids is 1. The van der Waals surface area contributed by atoms with Crippen molar-refractivity contribution in [2.24, 2.45) is 5.92 Å². The summed E-state index contributed by atoms with van der Waals surface area (Å²) in [6.07, 6.45) is 12.0. The average Bonchev–Trinajstić information content (AvgIpc) is 3.18. The van der Waals surface area contributed by atoms with Crippen molar-refractivity contribution in [3.8, 4) is 0 Å². The molecule has 1 atom stereocenters. The molecular weight excluding hydrogens is 348 g/mol. The minimum Gasteiger partial charge on any atom is -0.338 e. The largest absolute Gasteiger partial charge is 0.338 e. The van der Waals surface area contributed by atoms with E-state index in [1.165, 1.54) is 19.3 Å². The van der Waals surface area contributed by atoms with Crippen molar-refractivity contribution in [1.29, 1.82) is 0 Å². The maximum absolute atomic E-state index is 13.2. The zero-order valence-electron chi connectivity index (χ0n) is 16.1. The van der Waals surface area contributed by atoms with Gasteiger partial charge in [-0.15, -0.1) is 0 Å². The number of aromatic nitrogens is 3. The summed E-state index contributed by atoms with van der Waals surface area (Å²) >= 11 is 0. The molecule has 2 aromatic heterocycles. The van der Waals surface area contributed by atoms with Gasteiger partial charge in [0.25, 0.3) is 5.91 Å². The fourth-order valence-electron chi connectivity index (χ4n) is 4.55. The smallest absolute Gasteiger partial charge is 0.253 e. The van der Waals surface area contributed by atoms with Crippen molar-refractivity contribution >= 4 is 16.8 Å². The number of likely N-dealkylation sites (tertiary alicyclic amines) is 1. The quantitative estimate of drug-likeness (QED) is 0.686. The molecule has 1 unspecified atom stereocenters. The Labute approximate surface area is 165 Å². The third-order valence-corrected chi connectivity index (χ3v) is 6.35. The van der Waals surface area contributed by atoms with E-state index in [1.54, 1.807) is 6.20 Å². The summed E-state index contributed by atoms with van der Waals surface area (Å²) < 4.78 is 2.34. The number of nitrogens with zero attached hydrogens (tertiary/aromatic N) is 4. The van der Waals surface area contributed by atoms with Crippen LogP contribution in [0.5, 0.6) is 0 Å². The van der Waals surface area contributed by atoms with E-state index in [2.05, 4.69) is 20.7 Å². The monoisotopic (exact) mass is 374 g/mol. The van der Waals surface area contributed by atoms with Crippen molar-refractivity contribution in [3.63, 3.8) is 0 Å². The van der Waals surface area contributed by atoms with Gasteiger partial charge in [0.2, 0.25) is 0 Å². The number of rotatable bonds is 4. The van der Waals surface area contributed by atoms with Gasteiger partial charge in [-0.3, -0.25) is 9.78 Å². The molecule has 1 aromatic carbocycles. The summed E-state index contributed by atoms with van der Waals surface area (Å²) in [6, 6.07) is 9.73. The zero-order valence-corrected chi connectivity index (χ0v) is 16.1. The third kappa shape index (κ3) is 3.30. The van der Waals surface area contributed by atoms with Crippen molar-refractivity contribution in [2.75, 3.05) is 13.1 Å². The third-order valence-electron chi connectivity index (χ3n) is 6.35. The van der Waals surface area contributed by atoms with Crippen molar-refractivity contribution in [2.45, 2.75) is 44.6 Å². The van der Waals surface area contributed by atoms with Gasteiger partial charge in [-0.05, 0) is 55.9 Å². The molecule has 1 amide bonds. The van der Waals surface area contributed by atoms with E-state index in [0.29, 0.717) is 5.92 Å². The second-order valence-corrected chi connectivity index (χ2v) is 8.24. The van der Waals surface area contributed by atoms with E-state index in [4.69, 9.17) is 0 Å². The van der Waals surface area contributed by atoms with E-state index in [9.17, 15) is 4.79 Å². The van der Waals surface area contributed by atoms with Gasteiger partial charge >= 0.3 is 0 Å². The van der Waals surface area contributed by atoms with Gasteiger partial charge in [0.15, 0.2) is 0 Å². The fraction of sp³-hybridized carbons (Fsp3) is 0.435. The Morgan fingerprint density at radius 2 is 2.00 bits per heavy atom. The number of fused-ring (bicyclic) bond motifs is 1. The molecule has 5 heteroatoms. The lowest BCUT2D eigenvalue weighted by Gasteiger charge is -2.34. The number of benzene rings is 1. The maximum Gasteiger partial charge on any atom is 0.253 e. The Morgan fingerprint density at radius 3 is 2.86 bits per heavy atom. The summed E-state index contributed by atoms with van der Waals surface area (Å²) in [7, 11) is 0. The molecule has 3 aromatic rings. The van der Waals surface area contributed by atoms with E-state index in [-0.39, 0.29) is 5.91 Å². The first kappa shape index (κ1) is 17.4. The average molecular weight is 374 g/mol. The predicted octanol–water partition coefficient (Wildman–Crippen LogP) is 4.25. The van der Waals surface area contributed by atoms with Crippen LogP contribution in [-0.4, -0.2) is 38.4 Å². The number of carbonyl (C=O) groups is 1. The summed E-state index contributed by atoms with van der Waals surface area (Å²) in [5, 5.41) is 1.01. The molecule has 0 spiro atoms. The van der Waals surface area contributed by atoms with E-state index in [0.717, 1.165) is 60.7 Å². The molecule has 28 heavy (non-hydrogen) atoms. The molecule has 1 saturated carbocycles. The van der Waals surface area contributed by atoms with Crippen molar-refractivity contribution in [3.05, 3.63) is 60.3 Å². The molecular formula is C23H26N4O. The highest BCUT2D eigenvalue weighted by Gasteiger charge is 2.29. The normalized spacial score (nSPS) is 20.3. The van der Waals surface area contributed by atoms with Gasteiger partial charge in [-0.1, -0.05) is 12.5 Å². The summed E-state index contributed by atoms with van der Waals surface area (Å²) in [5.74, 6) is 2.41. The molecule has 3 heterocycles. The number of imidazole rings is 1. The Hall–Kier alpha value is -2.69. The molecule has 1 saturated heterocycles. The maximum atomic E-state index is 13.2. The van der Waals surface area contributed by atoms with Gasteiger partial charge in [0, 0.05) is 55.1 Å². The number of pyridine rings is 1. The van der Waals surface area contributed by atoms with Gasteiger partial charge < -0.3 is 9.47 Å². The van der Waals surface area contributed by atoms with Crippen LogP contribution in [0, 0.1) is 5.92 Å². The minimum atomic E-state index is 0.118. The second kappa shape index (κ2) is 7.38. The highest BCUT2D eigenvalue weighted by atomic mass is 16.2. The van der Waals surface area contributed by atoms with Crippen LogP contribution in [-0.2, 0) is 6.54 Å². The lowest BCUT2D eigenvalue weighted by molar-refractivity contribution is 0.0702. The summed E-state index contributed by atoms with van der Waals surface area (Å²) in [6.45, 7) is 2.66. The highest BCUT2D eigenvalue weighted by molar-refractivity contribution is 5.98. The molecule has 0 radical (unpaired) electrons. The van der Waals surface area contributed by atoms with E-state index >= 15 is 0 Å². The first-order chi connectivity index (χ1) is 13.8. The molecule has 0 bridgehead atoms. The van der Waals surface area contributed by atoms with Crippen LogP contribution >= 0.6 is 0 Å². The SMILES string of the molecule is O=C(c1ccc2ncccc2c1)N1CCCC(c2nccn2CC2CCC2)C1. The van der Waals surface area contributed by atoms with Crippen LogP contribution in [0.25, 0.3) is 10.9 Å². The van der Waals surface area contributed by atoms with Crippen LogP contribution < -0.4 is 0 Å². The Kier molecular flexibility index (Phi) is 4.59. The molecule has 1 aliphatic carbocycles. The number of piperidine rings is 1. The standard InChI is InChI=1S/C23H26N4O/c28-23(19-8-9-21-18(14-19)6-2-10-24-21)27-12-3-7-20(16-27)22-25-11-13-26(22)15-17-4-1-5-17/h2,6,8-11,13-14,17,20H,1,3-5,7,12,15-16H2. The summed E-state index contributed by atoms with van der Waals surface area (Å²) in [5.41, 5.74) is 1.67. The first-order valence-electron chi connectivity index (χ1n) is 10.4. The molecule has 2 fully saturated rings. The number of hydrogen-bond donors (Lipinski definition) is 0. The first-order valence-corrected chi connectivity index (χ1v) is 10.4. The Bertz CT molecular complexity index is 991. The molecule has 5 nitrogen and oxygen atoms in total. The Morgan fingerprint density at radius 1 is 1.07 bits per heavy atom.